The van der Waals surface area contributed by atoms with Crippen molar-refractivity contribution in [2.75, 3.05) is 7.11 Å². The van der Waals surface area contributed by atoms with Crippen molar-refractivity contribution in [3.63, 3.8) is 0 Å². The van der Waals surface area contributed by atoms with Crippen molar-refractivity contribution >= 4 is 17.5 Å². The fourth-order valence-corrected chi connectivity index (χ4v) is 2.85. The molecule has 2 aromatic carbocycles. The van der Waals surface area contributed by atoms with Gasteiger partial charge < -0.3 is 19.3 Å². The SMILES string of the molecule is COc1cc(C(=O)NC(C)(C)c2noc(C)n2)ccc1OCc1ccccc1Cl. The van der Waals surface area contributed by atoms with Crippen LogP contribution < -0.4 is 14.8 Å². The molecule has 29 heavy (non-hydrogen) atoms. The molecule has 0 spiro atoms. The molecule has 1 aromatic heterocycles. The number of nitrogens with zero attached hydrogens (tertiary/aromatic N) is 2. The van der Waals surface area contributed by atoms with E-state index in [-0.39, 0.29) is 12.5 Å². The Morgan fingerprint density at radius 3 is 2.62 bits per heavy atom. The van der Waals surface area contributed by atoms with E-state index in [0.717, 1.165) is 5.56 Å². The van der Waals surface area contributed by atoms with E-state index in [9.17, 15) is 4.79 Å². The molecule has 0 aliphatic rings. The zero-order valence-electron chi connectivity index (χ0n) is 16.7. The van der Waals surface area contributed by atoms with Gasteiger partial charge in [0, 0.05) is 23.1 Å². The highest BCUT2D eigenvalue weighted by molar-refractivity contribution is 6.31. The molecule has 1 amide bonds. The number of hydrogen-bond acceptors (Lipinski definition) is 6. The summed E-state index contributed by atoms with van der Waals surface area (Å²) < 4.78 is 16.2. The molecule has 7 nitrogen and oxygen atoms in total. The Bertz CT molecular complexity index is 1020. The predicted molar refractivity (Wildman–Crippen MR) is 108 cm³/mol. The summed E-state index contributed by atoms with van der Waals surface area (Å²) in [4.78, 5) is 16.9. The number of benzene rings is 2. The van der Waals surface area contributed by atoms with Gasteiger partial charge in [-0.2, -0.15) is 4.98 Å². The second-order valence-corrected chi connectivity index (χ2v) is 7.37. The number of halogens is 1. The molecule has 3 aromatic rings. The molecule has 0 aliphatic heterocycles. The number of nitrogens with one attached hydrogen (secondary N) is 1. The summed E-state index contributed by atoms with van der Waals surface area (Å²) >= 11 is 6.16. The number of amides is 1. The number of carbonyl (C=O) groups is 1. The highest BCUT2D eigenvalue weighted by Crippen LogP contribution is 2.30. The van der Waals surface area contributed by atoms with Gasteiger partial charge in [-0.15, -0.1) is 0 Å². The molecule has 0 fully saturated rings. The first kappa shape index (κ1) is 20.7. The van der Waals surface area contributed by atoms with E-state index >= 15 is 0 Å². The van der Waals surface area contributed by atoms with Gasteiger partial charge in [0.1, 0.15) is 6.61 Å². The third-order valence-electron chi connectivity index (χ3n) is 4.28. The Kier molecular flexibility index (Phi) is 6.08. The van der Waals surface area contributed by atoms with Gasteiger partial charge >= 0.3 is 0 Å². The summed E-state index contributed by atoms with van der Waals surface area (Å²) in [6.45, 7) is 5.58. The normalized spacial score (nSPS) is 11.2. The molecule has 8 heteroatoms. The van der Waals surface area contributed by atoms with Crippen LogP contribution in [0, 0.1) is 6.92 Å². The number of ether oxygens (including phenoxy) is 2. The van der Waals surface area contributed by atoms with Gasteiger partial charge in [-0.25, -0.2) is 0 Å². The minimum absolute atomic E-state index is 0.284. The molecule has 0 radical (unpaired) electrons. The van der Waals surface area contributed by atoms with Gasteiger partial charge in [0.15, 0.2) is 17.3 Å². The smallest absolute Gasteiger partial charge is 0.252 e. The van der Waals surface area contributed by atoms with Crippen LogP contribution in [0.15, 0.2) is 47.0 Å². The summed E-state index contributed by atoms with van der Waals surface area (Å²) in [5, 5.41) is 7.41. The Balaban J connectivity index is 1.74. The second-order valence-electron chi connectivity index (χ2n) is 6.96. The van der Waals surface area contributed by atoms with E-state index < -0.39 is 5.54 Å². The average molecular weight is 416 g/mol. The van der Waals surface area contributed by atoms with Gasteiger partial charge in [0.25, 0.3) is 5.91 Å². The lowest BCUT2D eigenvalue weighted by molar-refractivity contribution is 0.0907. The van der Waals surface area contributed by atoms with Crippen LogP contribution in [0.5, 0.6) is 11.5 Å². The van der Waals surface area contributed by atoms with Gasteiger partial charge in [-0.3, -0.25) is 4.79 Å². The second kappa shape index (κ2) is 8.53. The van der Waals surface area contributed by atoms with Crippen LogP contribution in [0.1, 0.15) is 41.5 Å². The van der Waals surface area contributed by atoms with E-state index in [2.05, 4.69) is 15.5 Å². The molecule has 0 unspecified atom stereocenters. The minimum atomic E-state index is -0.804. The molecule has 1 N–H and O–H groups in total. The van der Waals surface area contributed by atoms with E-state index in [0.29, 0.717) is 33.8 Å². The highest BCUT2D eigenvalue weighted by atomic mass is 35.5. The van der Waals surface area contributed by atoms with Crippen molar-refractivity contribution < 1.29 is 18.8 Å². The standard InChI is InChI=1S/C21H22ClN3O4/c1-13-23-20(25-29-13)21(2,3)24-19(26)14-9-10-17(18(11-14)27-4)28-12-15-7-5-6-8-16(15)22/h5-11H,12H2,1-4H3,(H,24,26). The highest BCUT2D eigenvalue weighted by Gasteiger charge is 2.29. The quantitative estimate of drug-likeness (QED) is 0.619. The van der Waals surface area contributed by atoms with Gasteiger partial charge in [0.2, 0.25) is 5.89 Å². The van der Waals surface area contributed by atoms with Crippen molar-refractivity contribution in [1.29, 1.82) is 0 Å². The average Bonchev–Trinajstić information content (AvgIpc) is 3.14. The number of hydrogen-bond donors (Lipinski definition) is 1. The third kappa shape index (κ3) is 4.86. The molecule has 1 heterocycles. The first-order chi connectivity index (χ1) is 13.8. The van der Waals surface area contributed by atoms with Gasteiger partial charge in [-0.1, -0.05) is 35.0 Å². The Morgan fingerprint density at radius 2 is 1.97 bits per heavy atom. The number of aromatic nitrogens is 2. The van der Waals surface area contributed by atoms with Crippen molar-refractivity contribution in [2.45, 2.75) is 32.9 Å². The number of carbonyl (C=O) groups excluding carboxylic acids is 1. The summed E-state index contributed by atoms with van der Waals surface area (Å²) in [6.07, 6.45) is 0. The lowest BCUT2D eigenvalue weighted by Gasteiger charge is -2.22. The fraction of sp³-hybridized carbons (Fsp3) is 0.286. The molecule has 3 rings (SSSR count). The molecule has 0 saturated heterocycles. The van der Waals surface area contributed by atoms with Crippen LogP contribution in [0.25, 0.3) is 0 Å². The van der Waals surface area contributed by atoms with Crippen LogP contribution in [-0.2, 0) is 12.1 Å². The minimum Gasteiger partial charge on any atom is -0.493 e. The first-order valence-corrected chi connectivity index (χ1v) is 9.35. The van der Waals surface area contributed by atoms with Crippen LogP contribution in [0.3, 0.4) is 0 Å². The molecule has 0 bridgehead atoms. The lowest BCUT2D eigenvalue weighted by atomic mass is 10.0. The Labute approximate surface area is 174 Å². The lowest BCUT2D eigenvalue weighted by Crippen LogP contribution is -2.41. The van der Waals surface area contributed by atoms with Crippen molar-refractivity contribution in [1.82, 2.24) is 15.5 Å². The monoisotopic (exact) mass is 415 g/mol. The number of aryl methyl sites for hydroxylation is 1. The van der Waals surface area contributed by atoms with Gasteiger partial charge in [0.05, 0.1) is 12.6 Å². The predicted octanol–water partition coefficient (Wildman–Crippen LogP) is 4.28. The zero-order chi connectivity index (χ0) is 21.0. The summed E-state index contributed by atoms with van der Waals surface area (Å²) in [6, 6.07) is 12.4. The topological polar surface area (TPSA) is 86.5 Å². The van der Waals surface area contributed by atoms with E-state index in [1.54, 1.807) is 45.0 Å². The van der Waals surface area contributed by atoms with E-state index in [4.69, 9.17) is 25.6 Å². The molecule has 0 saturated carbocycles. The summed E-state index contributed by atoms with van der Waals surface area (Å²) in [7, 11) is 1.52. The summed E-state index contributed by atoms with van der Waals surface area (Å²) in [5.74, 6) is 1.49. The largest absolute Gasteiger partial charge is 0.493 e. The van der Waals surface area contributed by atoms with E-state index in [1.165, 1.54) is 7.11 Å². The van der Waals surface area contributed by atoms with Crippen LogP contribution >= 0.6 is 11.6 Å². The van der Waals surface area contributed by atoms with Crippen LogP contribution in [0.2, 0.25) is 5.02 Å². The fourth-order valence-electron chi connectivity index (χ4n) is 2.66. The van der Waals surface area contributed by atoms with Gasteiger partial charge in [-0.05, 0) is 38.1 Å². The maximum absolute atomic E-state index is 12.7. The van der Waals surface area contributed by atoms with Crippen LogP contribution in [-0.4, -0.2) is 23.2 Å². The molecular weight excluding hydrogens is 394 g/mol. The third-order valence-corrected chi connectivity index (χ3v) is 4.65. The van der Waals surface area contributed by atoms with Crippen molar-refractivity contribution in [3.05, 3.63) is 70.3 Å². The van der Waals surface area contributed by atoms with Crippen molar-refractivity contribution in [2.24, 2.45) is 0 Å². The molecule has 0 atom stereocenters. The number of rotatable bonds is 7. The Hall–Kier alpha value is -3.06. The zero-order valence-corrected chi connectivity index (χ0v) is 17.4. The first-order valence-electron chi connectivity index (χ1n) is 8.97. The maximum Gasteiger partial charge on any atom is 0.252 e. The maximum atomic E-state index is 12.7. The Morgan fingerprint density at radius 1 is 1.21 bits per heavy atom. The molecule has 0 aliphatic carbocycles. The number of methoxy groups -OCH3 is 1. The molecular formula is C21H22ClN3O4. The van der Waals surface area contributed by atoms with Crippen molar-refractivity contribution in [3.8, 4) is 11.5 Å². The van der Waals surface area contributed by atoms with E-state index in [1.807, 2.05) is 18.2 Å². The molecule has 152 valence electrons. The van der Waals surface area contributed by atoms with Crippen LogP contribution in [0.4, 0.5) is 0 Å². The summed E-state index contributed by atoms with van der Waals surface area (Å²) in [5.41, 5.74) is 0.469.